The molecule has 94 valence electrons. The van der Waals surface area contributed by atoms with Crippen molar-refractivity contribution in [2.45, 2.75) is 52.0 Å². The van der Waals surface area contributed by atoms with E-state index in [0.29, 0.717) is 11.2 Å². The summed E-state index contributed by atoms with van der Waals surface area (Å²) >= 11 is 5.87. The van der Waals surface area contributed by atoms with Crippen molar-refractivity contribution in [2.24, 2.45) is 5.92 Å². The first-order chi connectivity index (χ1) is 8.19. The van der Waals surface area contributed by atoms with Crippen LogP contribution in [0.4, 0.5) is 5.69 Å². The fraction of sp³-hybridized carbons (Fsp3) is 0.643. The zero-order valence-electron chi connectivity index (χ0n) is 10.7. The van der Waals surface area contributed by atoms with Gasteiger partial charge in [0.15, 0.2) is 0 Å². The standard InChI is InChI=1S/C14H21ClN2/c1-3-11-5-4-6-12(9-11)17-13-7-8-14(15)16-10(13)2/h7-8,11-12,17H,3-6,9H2,1-2H3. The number of rotatable bonds is 3. The highest BCUT2D eigenvalue weighted by Gasteiger charge is 2.20. The Kier molecular flexibility index (Phi) is 4.27. The van der Waals surface area contributed by atoms with Crippen molar-refractivity contribution in [3.63, 3.8) is 0 Å². The third-order valence-electron chi connectivity index (χ3n) is 3.77. The summed E-state index contributed by atoms with van der Waals surface area (Å²) in [5.41, 5.74) is 2.13. The summed E-state index contributed by atoms with van der Waals surface area (Å²) in [4.78, 5) is 4.28. The molecule has 0 aliphatic heterocycles. The zero-order chi connectivity index (χ0) is 12.3. The van der Waals surface area contributed by atoms with Crippen LogP contribution in [-0.4, -0.2) is 11.0 Å². The lowest BCUT2D eigenvalue weighted by Crippen LogP contribution is -2.27. The van der Waals surface area contributed by atoms with Gasteiger partial charge in [0.1, 0.15) is 5.15 Å². The lowest BCUT2D eigenvalue weighted by atomic mass is 9.84. The van der Waals surface area contributed by atoms with Crippen LogP contribution >= 0.6 is 11.6 Å². The molecule has 2 rings (SSSR count). The maximum absolute atomic E-state index is 5.87. The number of nitrogens with one attached hydrogen (secondary N) is 1. The summed E-state index contributed by atoms with van der Waals surface area (Å²) in [6.07, 6.45) is 6.61. The van der Waals surface area contributed by atoms with Gasteiger partial charge in [0.2, 0.25) is 0 Å². The molecule has 17 heavy (non-hydrogen) atoms. The molecule has 0 aromatic carbocycles. The normalized spacial score (nSPS) is 24.6. The van der Waals surface area contributed by atoms with Crippen LogP contribution in [0.15, 0.2) is 12.1 Å². The third kappa shape index (κ3) is 3.35. The third-order valence-corrected chi connectivity index (χ3v) is 3.98. The molecule has 1 aromatic heterocycles. The van der Waals surface area contributed by atoms with Gasteiger partial charge in [0, 0.05) is 6.04 Å². The molecule has 0 bridgehead atoms. The highest BCUT2D eigenvalue weighted by molar-refractivity contribution is 6.29. The minimum atomic E-state index is 0.572. The SMILES string of the molecule is CCC1CCCC(Nc2ccc(Cl)nc2C)C1. The topological polar surface area (TPSA) is 24.9 Å². The summed E-state index contributed by atoms with van der Waals surface area (Å²) in [6.45, 7) is 4.30. The Labute approximate surface area is 109 Å². The smallest absolute Gasteiger partial charge is 0.129 e. The van der Waals surface area contributed by atoms with Crippen LogP contribution in [0, 0.1) is 12.8 Å². The molecule has 3 heteroatoms. The first kappa shape index (κ1) is 12.7. The van der Waals surface area contributed by atoms with Crippen molar-refractivity contribution < 1.29 is 0 Å². The van der Waals surface area contributed by atoms with Crippen molar-refractivity contribution in [3.05, 3.63) is 23.0 Å². The van der Waals surface area contributed by atoms with Gasteiger partial charge in [-0.2, -0.15) is 0 Å². The van der Waals surface area contributed by atoms with E-state index in [4.69, 9.17) is 11.6 Å². The predicted octanol–water partition coefficient (Wildman–Crippen LogP) is 4.42. The van der Waals surface area contributed by atoms with Gasteiger partial charge in [-0.3, -0.25) is 0 Å². The Morgan fingerprint density at radius 2 is 2.24 bits per heavy atom. The van der Waals surface area contributed by atoms with E-state index in [1.807, 2.05) is 19.1 Å². The van der Waals surface area contributed by atoms with Crippen LogP contribution in [0.1, 0.15) is 44.7 Å². The molecule has 0 spiro atoms. The Balaban J connectivity index is 2.00. The minimum Gasteiger partial charge on any atom is -0.381 e. The number of pyridine rings is 1. The van der Waals surface area contributed by atoms with Crippen LogP contribution in [-0.2, 0) is 0 Å². The number of anilines is 1. The van der Waals surface area contributed by atoms with Gasteiger partial charge in [-0.15, -0.1) is 0 Å². The maximum Gasteiger partial charge on any atom is 0.129 e. The molecule has 2 atom stereocenters. The van der Waals surface area contributed by atoms with Crippen LogP contribution in [0.5, 0.6) is 0 Å². The van der Waals surface area contributed by atoms with Gasteiger partial charge in [0.25, 0.3) is 0 Å². The van der Waals surface area contributed by atoms with E-state index in [-0.39, 0.29) is 0 Å². The van der Waals surface area contributed by atoms with Crippen molar-refractivity contribution in [2.75, 3.05) is 5.32 Å². The van der Waals surface area contributed by atoms with E-state index < -0.39 is 0 Å². The van der Waals surface area contributed by atoms with Crippen LogP contribution < -0.4 is 5.32 Å². The van der Waals surface area contributed by atoms with Crippen LogP contribution in [0.3, 0.4) is 0 Å². The molecule has 1 fully saturated rings. The number of nitrogens with zero attached hydrogens (tertiary/aromatic N) is 1. The first-order valence-corrected chi connectivity index (χ1v) is 6.96. The number of aryl methyl sites for hydroxylation is 1. The fourth-order valence-corrected chi connectivity index (χ4v) is 2.89. The molecule has 0 radical (unpaired) electrons. The second-order valence-corrected chi connectivity index (χ2v) is 5.44. The van der Waals surface area contributed by atoms with Crippen LogP contribution in [0.2, 0.25) is 5.15 Å². The number of aromatic nitrogens is 1. The van der Waals surface area contributed by atoms with Crippen molar-refractivity contribution in [3.8, 4) is 0 Å². The molecule has 1 saturated carbocycles. The lowest BCUT2D eigenvalue weighted by molar-refractivity contribution is 0.327. The Bertz CT molecular complexity index is 378. The molecule has 1 aliphatic rings. The summed E-state index contributed by atoms with van der Waals surface area (Å²) in [7, 11) is 0. The number of hydrogen-bond donors (Lipinski definition) is 1. The van der Waals surface area contributed by atoms with E-state index in [1.54, 1.807) is 0 Å². The second-order valence-electron chi connectivity index (χ2n) is 5.05. The lowest BCUT2D eigenvalue weighted by Gasteiger charge is -2.30. The van der Waals surface area contributed by atoms with Gasteiger partial charge >= 0.3 is 0 Å². The van der Waals surface area contributed by atoms with Gasteiger partial charge in [-0.05, 0) is 37.8 Å². The largest absolute Gasteiger partial charge is 0.381 e. The quantitative estimate of drug-likeness (QED) is 0.806. The van der Waals surface area contributed by atoms with E-state index >= 15 is 0 Å². The van der Waals surface area contributed by atoms with Gasteiger partial charge < -0.3 is 5.32 Å². The molecule has 1 aromatic rings. The zero-order valence-corrected chi connectivity index (χ0v) is 11.4. The molecule has 0 amide bonds. The molecule has 1 heterocycles. The van der Waals surface area contributed by atoms with E-state index in [2.05, 4.69) is 17.2 Å². The molecular weight excluding hydrogens is 232 g/mol. The summed E-state index contributed by atoms with van der Waals surface area (Å²) < 4.78 is 0. The number of halogens is 1. The Hall–Kier alpha value is -0.760. The molecule has 2 nitrogen and oxygen atoms in total. The molecule has 2 unspecified atom stereocenters. The first-order valence-electron chi connectivity index (χ1n) is 6.58. The molecule has 1 N–H and O–H groups in total. The summed E-state index contributed by atoms with van der Waals surface area (Å²) in [6, 6.07) is 4.51. The Morgan fingerprint density at radius 3 is 2.94 bits per heavy atom. The van der Waals surface area contributed by atoms with E-state index in [1.165, 1.54) is 32.1 Å². The van der Waals surface area contributed by atoms with Gasteiger partial charge in [-0.1, -0.05) is 37.8 Å². The van der Waals surface area contributed by atoms with E-state index in [0.717, 1.165) is 17.3 Å². The van der Waals surface area contributed by atoms with Gasteiger partial charge in [-0.25, -0.2) is 4.98 Å². The fourth-order valence-electron chi connectivity index (χ4n) is 2.70. The minimum absolute atomic E-state index is 0.572. The Morgan fingerprint density at radius 1 is 1.41 bits per heavy atom. The molecular formula is C14H21ClN2. The van der Waals surface area contributed by atoms with Crippen molar-refractivity contribution in [1.29, 1.82) is 0 Å². The molecule has 1 aliphatic carbocycles. The maximum atomic E-state index is 5.87. The predicted molar refractivity (Wildman–Crippen MR) is 73.6 cm³/mol. The highest BCUT2D eigenvalue weighted by Crippen LogP contribution is 2.29. The van der Waals surface area contributed by atoms with Crippen molar-refractivity contribution in [1.82, 2.24) is 4.98 Å². The summed E-state index contributed by atoms with van der Waals surface area (Å²) in [5.74, 6) is 0.891. The highest BCUT2D eigenvalue weighted by atomic mass is 35.5. The average molecular weight is 253 g/mol. The van der Waals surface area contributed by atoms with Gasteiger partial charge in [0.05, 0.1) is 11.4 Å². The monoisotopic (exact) mass is 252 g/mol. The number of hydrogen-bond acceptors (Lipinski definition) is 2. The van der Waals surface area contributed by atoms with Crippen molar-refractivity contribution >= 4 is 17.3 Å². The van der Waals surface area contributed by atoms with Crippen LogP contribution in [0.25, 0.3) is 0 Å². The average Bonchev–Trinajstić information content (AvgIpc) is 2.33. The van der Waals surface area contributed by atoms with E-state index in [9.17, 15) is 0 Å². The summed E-state index contributed by atoms with van der Waals surface area (Å²) in [5, 5.41) is 4.19. The molecule has 0 saturated heterocycles. The second kappa shape index (κ2) is 5.72.